The van der Waals surface area contributed by atoms with Crippen molar-refractivity contribution in [3.63, 3.8) is 0 Å². The second kappa shape index (κ2) is 4.87. The number of nitrogens with zero attached hydrogens (tertiary/aromatic N) is 2. The van der Waals surface area contributed by atoms with E-state index >= 15 is 0 Å². The van der Waals surface area contributed by atoms with Crippen molar-refractivity contribution in [3.8, 4) is 0 Å². The lowest BCUT2D eigenvalue weighted by Gasteiger charge is -2.05. The molecule has 0 aliphatic carbocycles. The molecule has 0 radical (unpaired) electrons. The van der Waals surface area contributed by atoms with Gasteiger partial charge in [0.05, 0.1) is 5.69 Å². The first-order valence-corrected chi connectivity index (χ1v) is 4.48. The molecule has 0 fully saturated rings. The van der Waals surface area contributed by atoms with Crippen LogP contribution in [0.5, 0.6) is 0 Å². The zero-order valence-corrected chi connectivity index (χ0v) is 8.50. The molecule has 13 heavy (non-hydrogen) atoms. The number of hydrogen-bond acceptors (Lipinski definition) is 3. The minimum atomic E-state index is 0.792. The lowest BCUT2D eigenvalue weighted by atomic mass is 10.4. The van der Waals surface area contributed by atoms with Gasteiger partial charge < -0.3 is 14.6 Å². The Morgan fingerprint density at radius 2 is 2.38 bits per heavy atom. The fourth-order valence-corrected chi connectivity index (χ4v) is 1.30. The van der Waals surface area contributed by atoms with Crippen LogP contribution in [-0.2, 0) is 11.3 Å². The topological polar surface area (TPSA) is 39.1 Å². The summed E-state index contributed by atoms with van der Waals surface area (Å²) in [5.41, 5.74) is 1.04. The number of aryl methyl sites for hydroxylation is 2. The molecule has 0 atom stereocenters. The number of anilines is 1. The number of methoxy groups -OCH3 is 1. The fourth-order valence-electron chi connectivity index (χ4n) is 1.30. The predicted octanol–water partition coefficient (Wildman–Crippen LogP) is 1.27. The SMILES string of the molecule is CNc1nc(C)cn1CCCOC. The van der Waals surface area contributed by atoms with Gasteiger partial charge in [-0.1, -0.05) is 0 Å². The summed E-state index contributed by atoms with van der Waals surface area (Å²) in [5, 5.41) is 3.05. The molecule has 1 N–H and O–H groups in total. The molecule has 1 rings (SSSR count). The van der Waals surface area contributed by atoms with Crippen LogP contribution < -0.4 is 5.32 Å². The highest BCUT2D eigenvalue weighted by molar-refractivity contribution is 5.27. The van der Waals surface area contributed by atoms with Gasteiger partial charge in [-0.15, -0.1) is 0 Å². The normalized spacial score (nSPS) is 10.4. The van der Waals surface area contributed by atoms with Crippen LogP contribution in [0.25, 0.3) is 0 Å². The number of hydrogen-bond donors (Lipinski definition) is 1. The summed E-state index contributed by atoms with van der Waals surface area (Å²) in [4.78, 5) is 4.32. The quantitative estimate of drug-likeness (QED) is 0.699. The first-order valence-electron chi connectivity index (χ1n) is 4.48. The molecule has 0 saturated carbocycles. The molecule has 0 aliphatic rings. The summed E-state index contributed by atoms with van der Waals surface area (Å²) in [6, 6.07) is 0. The van der Waals surface area contributed by atoms with Gasteiger partial charge in [-0.2, -0.15) is 0 Å². The highest BCUT2D eigenvalue weighted by Crippen LogP contribution is 2.07. The maximum Gasteiger partial charge on any atom is 0.202 e. The van der Waals surface area contributed by atoms with Crippen LogP contribution >= 0.6 is 0 Å². The van der Waals surface area contributed by atoms with Gasteiger partial charge in [-0.05, 0) is 13.3 Å². The van der Waals surface area contributed by atoms with Crippen LogP contribution in [0, 0.1) is 6.92 Å². The molecular formula is C9H17N3O. The van der Waals surface area contributed by atoms with Crippen molar-refractivity contribution < 1.29 is 4.74 Å². The standard InChI is InChI=1S/C9H17N3O/c1-8-7-12(5-4-6-13-3)9(10-2)11-8/h7H,4-6H2,1-3H3,(H,10,11). The summed E-state index contributed by atoms with van der Waals surface area (Å²) < 4.78 is 7.10. The van der Waals surface area contributed by atoms with Crippen molar-refractivity contribution in [3.05, 3.63) is 11.9 Å². The Morgan fingerprint density at radius 1 is 1.62 bits per heavy atom. The number of imidazole rings is 1. The lowest BCUT2D eigenvalue weighted by Crippen LogP contribution is -2.04. The van der Waals surface area contributed by atoms with Crippen LogP contribution in [-0.4, -0.2) is 30.3 Å². The first kappa shape index (κ1) is 10.1. The average Bonchev–Trinajstić information content (AvgIpc) is 2.47. The van der Waals surface area contributed by atoms with E-state index < -0.39 is 0 Å². The van der Waals surface area contributed by atoms with Crippen LogP contribution in [0.15, 0.2) is 6.20 Å². The maximum atomic E-state index is 4.99. The van der Waals surface area contributed by atoms with E-state index in [1.807, 2.05) is 20.2 Å². The Balaban J connectivity index is 2.53. The third-order valence-electron chi connectivity index (χ3n) is 1.87. The average molecular weight is 183 g/mol. The lowest BCUT2D eigenvalue weighted by molar-refractivity contribution is 0.190. The van der Waals surface area contributed by atoms with E-state index in [1.54, 1.807) is 7.11 Å². The fraction of sp³-hybridized carbons (Fsp3) is 0.667. The zero-order chi connectivity index (χ0) is 9.68. The van der Waals surface area contributed by atoms with Crippen molar-refractivity contribution in [1.82, 2.24) is 9.55 Å². The Labute approximate surface area is 78.9 Å². The van der Waals surface area contributed by atoms with Gasteiger partial charge in [-0.3, -0.25) is 0 Å². The van der Waals surface area contributed by atoms with E-state index in [-0.39, 0.29) is 0 Å². The van der Waals surface area contributed by atoms with Gasteiger partial charge >= 0.3 is 0 Å². The van der Waals surface area contributed by atoms with E-state index in [9.17, 15) is 0 Å². The molecule has 0 bridgehead atoms. The van der Waals surface area contributed by atoms with Gasteiger partial charge in [-0.25, -0.2) is 4.98 Å². The molecule has 0 amide bonds. The molecule has 0 spiro atoms. The molecule has 1 aromatic rings. The molecule has 0 aromatic carbocycles. The van der Waals surface area contributed by atoms with Gasteiger partial charge in [0.15, 0.2) is 0 Å². The largest absolute Gasteiger partial charge is 0.385 e. The highest BCUT2D eigenvalue weighted by Gasteiger charge is 2.01. The molecule has 0 aliphatic heterocycles. The molecule has 74 valence electrons. The maximum absolute atomic E-state index is 4.99. The summed E-state index contributed by atoms with van der Waals surface area (Å²) in [5.74, 6) is 0.925. The highest BCUT2D eigenvalue weighted by atomic mass is 16.5. The molecule has 0 saturated heterocycles. The molecule has 4 heteroatoms. The summed E-state index contributed by atoms with van der Waals surface area (Å²) >= 11 is 0. The molecule has 4 nitrogen and oxygen atoms in total. The van der Waals surface area contributed by atoms with Gasteiger partial charge in [0.2, 0.25) is 5.95 Å². The van der Waals surface area contributed by atoms with Gasteiger partial charge in [0.25, 0.3) is 0 Å². The van der Waals surface area contributed by atoms with E-state index in [0.29, 0.717) is 0 Å². The Kier molecular flexibility index (Phi) is 3.76. The van der Waals surface area contributed by atoms with E-state index in [0.717, 1.165) is 31.2 Å². The van der Waals surface area contributed by atoms with Crippen LogP contribution in [0.3, 0.4) is 0 Å². The smallest absolute Gasteiger partial charge is 0.202 e. The van der Waals surface area contributed by atoms with Crippen molar-refractivity contribution >= 4 is 5.95 Å². The van der Waals surface area contributed by atoms with Crippen molar-refractivity contribution in [1.29, 1.82) is 0 Å². The van der Waals surface area contributed by atoms with Crippen molar-refractivity contribution in [2.24, 2.45) is 0 Å². The number of aromatic nitrogens is 2. The second-order valence-electron chi connectivity index (χ2n) is 3.00. The number of nitrogens with one attached hydrogen (secondary N) is 1. The molecule has 1 heterocycles. The van der Waals surface area contributed by atoms with Crippen LogP contribution in [0.4, 0.5) is 5.95 Å². The van der Waals surface area contributed by atoms with E-state index in [1.165, 1.54) is 0 Å². The third-order valence-corrected chi connectivity index (χ3v) is 1.87. The summed E-state index contributed by atoms with van der Waals surface area (Å²) in [6.45, 7) is 3.74. The predicted molar refractivity (Wildman–Crippen MR) is 53.0 cm³/mol. The van der Waals surface area contributed by atoms with Gasteiger partial charge in [0.1, 0.15) is 0 Å². The van der Waals surface area contributed by atoms with Crippen molar-refractivity contribution in [2.75, 3.05) is 26.1 Å². The Morgan fingerprint density at radius 3 is 3.00 bits per heavy atom. The summed E-state index contributed by atoms with van der Waals surface area (Å²) in [7, 11) is 3.60. The molecule has 1 aromatic heterocycles. The van der Waals surface area contributed by atoms with E-state index in [4.69, 9.17) is 4.74 Å². The zero-order valence-electron chi connectivity index (χ0n) is 8.50. The van der Waals surface area contributed by atoms with Gasteiger partial charge in [0, 0.05) is 33.5 Å². The minimum absolute atomic E-state index is 0.792. The number of ether oxygens (including phenoxy) is 1. The first-order chi connectivity index (χ1) is 6.27. The van der Waals surface area contributed by atoms with Crippen LogP contribution in [0.2, 0.25) is 0 Å². The molecular weight excluding hydrogens is 166 g/mol. The Bertz CT molecular complexity index is 257. The minimum Gasteiger partial charge on any atom is -0.385 e. The van der Waals surface area contributed by atoms with E-state index in [2.05, 4.69) is 14.9 Å². The third kappa shape index (κ3) is 2.73. The van der Waals surface area contributed by atoms with Crippen molar-refractivity contribution in [2.45, 2.75) is 19.9 Å². The van der Waals surface area contributed by atoms with Crippen LogP contribution in [0.1, 0.15) is 12.1 Å². The Hall–Kier alpha value is -1.03. The summed E-state index contributed by atoms with van der Waals surface area (Å²) in [6.07, 6.45) is 3.06. The second-order valence-corrected chi connectivity index (χ2v) is 3.00. The molecule has 0 unspecified atom stereocenters. The monoisotopic (exact) mass is 183 g/mol. The number of rotatable bonds is 5.